The molecule has 100 valence electrons. The summed E-state index contributed by atoms with van der Waals surface area (Å²) < 4.78 is 1.27. The van der Waals surface area contributed by atoms with Gasteiger partial charge < -0.3 is 5.32 Å². The molecular formula is C16H18BrNS. The molecule has 1 aliphatic carbocycles. The third kappa shape index (κ3) is 2.64. The second-order valence-electron chi connectivity index (χ2n) is 5.09. The molecule has 3 rings (SSSR count). The second-order valence-corrected chi connectivity index (χ2v) is 6.95. The van der Waals surface area contributed by atoms with Crippen LogP contribution in [0.15, 0.2) is 40.2 Å². The number of fused-ring (bicyclic) bond motifs is 1. The van der Waals surface area contributed by atoms with Gasteiger partial charge in [-0.2, -0.15) is 0 Å². The van der Waals surface area contributed by atoms with E-state index < -0.39 is 0 Å². The van der Waals surface area contributed by atoms with Gasteiger partial charge in [0.15, 0.2) is 0 Å². The largest absolute Gasteiger partial charge is 0.310 e. The Morgan fingerprint density at radius 1 is 1.32 bits per heavy atom. The van der Waals surface area contributed by atoms with Crippen LogP contribution in [0.25, 0.3) is 0 Å². The van der Waals surface area contributed by atoms with Crippen molar-refractivity contribution in [3.8, 4) is 0 Å². The summed E-state index contributed by atoms with van der Waals surface area (Å²) in [5, 5.41) is 5.84. The van der Waals surface area contributed by atoms with Gasteiger partial charge in [0, 0.05) is 15.4 Å². The van der Waals surface area contributed by atoms with Gasteiger partial charge in [-0.3, -0.25) is 0 Å². The van der Waals surface area contributed by atoms with Gasteiger partial charge in [-0.15, -0.1) is 11.3 Å². The topological polar surface area (TPSA) is 12.0 Å². The van der Waals surface area contributed by atoms with Gasteiger partial charge >= 0.3 is 0 Å². The van der Waals surface area contributed by atoms with Crippen LogP contribution in [0, 0.1) is 5.92 Å². The van der Waals surface area contributed by atoms with Crippen LogP contribution in [0.4, 0.5) is 0 Å². The Morgan fingerprint density at radius 3 is 2.89 bits per heavy atom. The maximum Gasteiger partial charge on any atom is 0.0357 e. The zero-order valence-electron chi connectivity index (χ0n) is 11.0. The van der Waals surface area contributed by atoms with E-state index in [2.05, 4.69) is 63.9 Å². The number of benzene rings is 1. The van der Waals surface area contributed by atoms with Gasteiger partial charge in [-0.1, -0.05) is 31.2 Å². The van der Waals surface area contributed by atoms with Crippen molar-refractivity contribution < 1.29 is 0 Å². The van der Waals surface area contributed by atoms with E-state index in [0.29, 0.717) is 12.0 Å². The van der Waals surface area contributed by atoms with Crippen LogP contribution in [-0.4, -0.2) is 6.54 Å². The molecule has 0 saturated heterocycles. The third-order valence-corrected chi connectivity index (χ3v) is 5.85. The van der Waals surface area contributed by atoms with Crippen molar-refractivity contribution in [3.05, 3.63) is 56.2 Å². The van der Waals surface area contributed by atoms with Crippen molar-refractivity contribution >= 4 is 27.3 Å². The minimum absolute atomic E-state index is 0.509. The molecular weight excluding hydrogens is 318 g/mol. The minimum atomic E-state index is 0.509. The van der Waals surface area contributed by atoms with E-state index in [-0.39, 0.29) is 0 Å². The first-order valence-electron chi connectivity index (χ1n) is 6.82. The summed E-state index contributed by atoms with van der Waals surface area (Å²) in [6, 6.07) is 11.5. The Balaban J connectivity index is 1.85. The molecule has 1 N–H and O–H groups in total. The number of hydrogen-bond donors (Lipinski definition) is 1. The van der Waals surface area contributed by atoms with Crippen LogP contribution in [0.2, 0.25) is 0 Å². The molecule has 0 fully saturated rings. The first-order valence-corrected chi connectivity index (χ1v) is 8.50. The lowest BCUT2D eigenvalue weighted by molar-refractivity contribution is 0.395. The average Bonchev–Trinajstić information content (AvgIpc) is 2.96. The fourth-order valence-electron chi connectivity index (χ4n) is 3.07. The maximum atomic E-state index is 3.67. The Bertz CT molecular complexity index is 563. The summed E-state index contributed by atoms with van der Waals surface area (Å²) >= 11 is 5.52. The molecule has 1 nitrogen and oxygen atoms in total. The van der Waals surface area contributed by atoms with E-state index >= 15 is 0 Å². The second kappa shape index (κ2) is 5.78. The van der Waals surface area contributed by atoms with E-state index in [1.807, 2.05) is 11.3 Å². The molecule has 2 unspecified atom stereocenters. The molecule has 2 aromatic rings. The van der Waals surface area contributed by atoms with E-state index in [1.54, 1.807) is 0 Å². The first-order chi connectivity index (χ1) is 9.29. The molecule has 1 heterocycles. The van der Waals surface area contributed by atoms with Crippen molar-refractivity contribution in [1.29, 1.82) is 0 Å². The van der Waals surface area contributed by atoms with Crippen LogP contribution in [-0.2, 0) is 12.8 Å². The fourth-order valence-corrected chi connectivity index (χ4v) is 4.68. The van der Waals surface area contributed by atoms with Crippen molar-refractivity contribution in [2.45, 2.75) is 25.8 Å². The number of nitrogens with one attached hydrogen (secondary N) is 1. The average molecular weight is 336 g/mol. The van der Waals surface area contributed by atoms with Crippen LogP contribution in [0.3, 0.4) is 0 Å². The zero-order chi connectivity index (χ0) is 13.2. The fraction of sp³-hybridized carbons (Fsp3) is 0.375. The normalized spacial score (nSPS) is 21.6. The summed E-state index contributed by atoms with van der Waals surface area (Å²) in [6.45, 7) is 3.22. The molecule has 1 aromatic carbocycles. The summed E-state index contributed by atoms with van der Waals surface area (Å²) in [6.07, 6.45) is 2.35. The highest BCUT2D eigenvalue weighted by Gasteiger charge is 2.31. The Labute approximate surface area is 127 Å². The van der Waals surface area contributed by atoms with Crippen LogP contribution in [0.5, 0.6) is 0 Å². The monoisotopic (exact) mass is 335 g/mol. The molecule has 1 aromatic heterocycles. The predicted molar refractivity (Wildman–Crippen MR) is 85.8 cm³/mol. The number of rotatable bonds is 4. The number of thiophene rings is 1. The van der Waals surface area contributed by atoms with Crippen molar-refractivity contribution in [2.24, 2.45) is 5.92 Å². The Morgan fingerprint density at radius 2 is 2.16 bits per heavy atom. The van der Waals surface area contributed by atoms with Crippen LogP contribution >= 0.6 is 27.3 Å². The van der Waals surface area contributed by atoms with E-state index in [4.69, 9.17) is 0 Å². The number of hydrogen-bond acceptors (Lipinski definition) is 2. The molecule has 0 saturated carbocycles. The molecule has 0 bridgehead atoms. The van der Waals surface area contributed by atoms with Gasteiger partial charge in [0.1, 0.15) is 0 Å². The van der Waals surface area contributed by atoms with Crippen molar-refractivity contribution in [3.63, 3.8) is 0 Å². The lowest BCUT2D eigenvalue weighted by Crippen LogP contribution is -2.26. The lowest BCUT2D eigenvalue weighted by Gasteiger charge is -2.21. The molecule has 0 radical (unpaired) electrons. The summed E-state index contributed by atoms with van der Waals surface area (Å²) in [7, 11) is 0. The van der Waals surface area contributed by atoms with Crippen molar-refractivity contribution in [1.82, 2.24) is 5.32 Å². The summed E-state index contributed by atoms with van der Waals surface area (Å²) in [5.41, 5.74) is 3.02. The van der Waals surface area contributed by atoms with E-state index in [9.17, 15) is 0 Å². The first kappa shape index (κ1) is 13.3. The predicted octanol–water partition coefficient (Wildman–Crippen LogP) is 4.58. The maximum absolute atomic E-state index is 3.67. The number of halogens is 1. The van der Waals surface area contributed by atoms with E-state index in [1.165, 1.54) is 26.9 Å². The lowest BCUT2D eigenvalue weighted by atomic mass is 9.96. The Hall–Kier alpha value is -0.640. The SMILES string of the molecule is CCNC1c2ccccc2CC1Cc1sccc1Br. The zero-order valence-corrected chi connectivity index (χ0v) is 13.4. The molecule has 0 spiro atoms. The van der Waals surface area contributed by atoms with Crippen molar-refractivity contribution in [2.75, 3.05) is 6.54 Å². The quantitative estimate of drug-likeness (QED) is 0.862. The molecule has 3 heteroatoms. The summed E-state index contributed by atoms with van der Waals surface area (Å²) in [5.74, 6) is 0.673. The standard InChI is InChI=1S/C16H18BrNS/c1-2-18-16-12(10-15-14(17)7-8-19-15)9-11-5-3-4-6-13(11)16/h3-8,12,16,18H,2,9-10H2,1H3. The molecule has 0 amide bonds. The van der Waals surface area contributed by atoms with Gasteiger partial charge in [-0.25, -0.2) is 0 Å². The highest BCUT2D eigenvalue weighted by Crippen LogP contribution is 2.39. The Kier molecular flexibility index (Phi) is 4.06. The molecule has 19 heavy (non-hydrogen) atoms. The molecule has 0 aliphatic heterocycles. The summed E-state index contributed by atoms with van der Waals surface area (Å²) in [4.78, 5) is 1.47. The minimum Gasteiger partial charge on any atom is -0.310 e. The third-order valence-electron chi connectivity index (χ3n) is 3.91. The van der Waals surface area contributed by atoms with Crippen LogP contribution < -0.4 is 5.32 Å². The van der Waals surface area contributed by atoms with Gasteiger partial charge in [0.05, 0.1) is 0 Å². The van der Waals surface area contributed by atoms with Gasteiger partial charge in [-0.05, 0) is 63.8 Å². The highest BCUT2D eigenvalue weighted by molar-refractivity contribution is 9.10. The van der Waals surface area contributed by atoms with Gasteiger partial charge in [0.25, 0.3) is 0 Å². The highest BCUT2D eigenvalue weighted by atomic mass is 79.9. The van der Waals surface area contributed by atoms with Gasteiger partial charge in [0.2, 0.25) is 0 Å². The smallest absolute Gasteiger partial charge is 0.0357 e. The molecule has 2 atom stereocenters. The molecule has 1 aliphatic rings. The van der Waals surface area contributed by atoms with Crippen LogP contribution in [0.1, 0.15) is 29.0 Å². The van der Waals surface area contributed by atoms with E-state index in [0.717, 1.165) is 13.0 Å².